The number of aliphatic hydroxyl groups excluding tert-OH is 1. The van der Waals surface area contributed by atoms with Crippen molar-refractivity contribution in [2.75, 3.05) is 6.61 Å². The van der Waals surface area contributed by atoms with Crippen molar-refractivity contribution >= 4 is 17.5 Å². The van der Waals surface area contributed by atoms with Crippen molar-refractivity contribution in [2.24, 2.45) is 35.6 Å². The summed E-state index contributed by atoms with van der Waals surface area (Å²) in [4.78, 5) is 37.9. The molecule has 7 nitrogen and oxygen atoms in total. The van der Waals surface area contributed by atoms with Gasteiger partial charge >= 0.3 is 5.97 Å². The van der Waals surface area contributed by atoms with Crippen molar-refractivity contribution in [2.45, 2.75) is 70.5 Å². The molecule has 3 saturated carbocycles. The molecule has 0 aliphatic heterocycles. The highest BCUT2D eigenvalue weighted by Crippen LogP contribution is 2.67. The van der Waals surface area contributed by atoms with E-state index in [0.29, 0.717) is 31.2 Å². The standard InChI is InChI=1S/C28H36NO6.HI/c1-26-10-8-19(30)13-18(26)6-7-20-21-9-11-28(34,27(21,2)14-22(31)24(20)26)23(32)16-35-25(33)17-5-4-12-29(3)15-17;/h4-5,12-13,15,20-22,24,31,34H,6-11,14,16H2,1-3H3;1H/q+1;/p-1/t20-,21-,22-,24+,26-,27-,28-;/m0./s1. The highest BCUT2D eigenvalue weighted by Gasteiger charge is 2.68. The smallest absolute Gasteiger partial charge is 0.344 e. The molecule has 1 heterocycles. The number of nitrogens with zero attached hydrogens (tertiary/aromatic N) is 1. The Morgan fingerprint density at radius 3 is 2.67 bits per heavy atom. The molecular formula is C28H36INO6. The zero-order valence-corrected chi connectivity index (χ0v) is 23.4. The van der Waals surface area contributed by atoms with Crippen LogP contribution >= 0.6 is 0 Å². The van der Waals surface area contributed by atoms with Crippen LogP contribution in [0.2, 0.25) is 0 Å². The Hall–Kier alpha value is -1.65. The van der Waals surface area contributed by atoms with Gasteiger partial charge in [0.05, 0.1) is 6.10 Å². The molecule has 36 heavy (non-hydrogen) atoms. The van der Waals surface area contributed by atoms with Crippen LogP contribution in [-0.4, -0.2) is 46.1 Å². The number of carbonyl (C=O) groups is 3. The molecule has 196 valence electrons. The maximum absolute atomic E-state index is 13.4. The lowest BCUT2D eigenvalue weighted by molar-refractivity contribution is -0.671. The Kier molecular flexibility index (Phi) is 7.29. The van der Waals surface area contributed by atoms with Crippen molar-refractivity contribution < 1.29 is 57.9 Å². The predicted molar refractivity (Wildman–Crippen MR) is 126 cm³/mol. The summed E-state index contributed by atoms with van der Waals surface area (Å²) in [6, 6.07) is 3.35. The van der Waals surface area contributed by atoms with Gasteiger partial charge in [0, 0.05) is 17.9 Å². The Morgan fingerprint density at radius 1 is 1.19 bits per heavy atom. The van der Waals surface area contributed by atoms with Crippen molar-refractivity contribution in [3.05, 3.63) is 41.7 Å². The summed E-state index contributed by atoms with van der Waals surface area (Å²) in [6.45, 7) is 3.62. The van der Waals surface area contributed by atoms with Crippen LogP contribution in [0.1, 0.15) is 69.2 Å². The number of hydrogen-bond donors (Lipinski definition) is 2. The molecular weight excluding hydrogens is 573 g/mol. The van der Waals surface area contributed by atoms with Gasteiger partial charge in [-0.15, -0.1) is 0 Å². The van der Waals surface area contributed by atoms with E-state index in [1.165, 1.54) is 0 Å². The largest absolute Gasteiger partial charge is 1.00 e. The van der Waals surface area contributed by atoms with Crippen LogP contribution in [0.15, 0.2) is 36.2 Å². The van der Waals surface area contributed by atoms with Gasteiger partial charge < -0.3 is 38.9 Å². The number of rotatable bonds is 4. The summed E-state index contributed by atoms with van der Waals surface area (Å²) in [5.74, 6) is -0.647. The SMILES string of the molecule is C[n+]1cccc(C(=O)OCC(=O)[C@@]2(O)CC[C@H]3[C@@H]4CCC5=CC(=O)CC[C@]5(C)[C@H]4[C@@H](O)C[C@@]32C)c1.[I-]. The van der Waals surface area contributed by atoms with Crippen LogP contribution in [0.3, 0.4) is 0 Å². The first-order valence-electron chi connectivity index (χ1n) is 12.8. The van der Waals surface area contributed by atoms with E-state index in [1.54, 1.807) is 42.2 Å². The van der Waals surface area contributed by atoms with Gasteiger partial charge in [-0.2, -0.15) is 0 Å². The molecule has 3 fully saturated rings. The Balaban J connectivity index is 0.00000304. The highest BCUT2D eigenvalue weighted by atomic mass is 127. The zero-order chi connectivity index (χ0) is 25.2. The minimum absolute atomic E-state index is 0. The van der Waals surface area contributed by atoms with Crippen molar-refractivity contribution in [3.63, 3.8) is 0 Å². The summed E-state index contributed by atoms with van der Waals surface area (Å²) >= 11 is 0. The number of aliphatic hydroxyl groups is 2. The quantitative estimate of drug-likeness (QED) is 0.271. The van der Waals surface area contributed by atoms with Gasteiger partial charge in [-0.05, 0) is 73.8 Å². The third kappa shape index (κ3) is 4.07. The number of fused-ring (bicyclic) bond motifs is 5. The van der Waals surface area contributed by atoms with Crippen molar-refractivity contribution in [1.29, 1.82) is 0 Å². The highest BCUT2D eigenvalue weighted by molar-refractivity contribution is 5.94. The average molecular weight is 610 g/mol. The third-order valence-electron chi connectivity index (χ3n) is 10.0. The van der Waals surface area contributed by atoms with Crippen LogP contribution in [0.4, 0.5) is 0 Å². The molecule has 0 aromatic carbocycles. The van der Waals surface area contributed by atoms with E-state index in [4.69, 9.17) is 4.74 Å². The molecule has 0 bridgehead atoms. The fraction of sp³-hybridized carbons (Fsp3) is 0.643. The maximum Gasteiger partial charge on any atom is 0.344 e. The molecule has 4 aliphatic rings. The minimum Gasteiger partial charge on any atom is -1.00 e. The monoisotopic (exact) mass is 609 g/mol. The lowest BCUT2D eigenvalue weighted by Gasteiger charge is -2.60. The second-order valence-electron chi connectivity index (χ2n) is 11.7. The molecule has 0 saturated heterocycles. The number of hydrogen-bond acceptors (Lipinski definition) is 6. The van der Waals surface area contributed by atoms with Gasteiger partial charge in [0.1, 0.15) is 18.2 Å². The number of ketones is 2. The van der Waals surface area contributed by atoms with Crippen LogP contribution in [0.5, 0.6) is 0 Å². The molecule has 0 spiro atoms. The Labute approximate surface area is 229 Å². The first kappa shape index (κ1) is 27.4. The molecule has 0 unspecified atom stereocenters. The molecule has 0 amide bonds. The molecule has 1 aromatic rings. The number of Topliss-reactive ketones (excluding diaryl/α,β-unsaturated/α-hetero) is 1. The molecule has 7 atom stereocenters. The first-order valence-corrected chi connectivity index (χ1v) is 12.8. The number of halogens is 1. The number of aryl methyl sites for hydroxylation is 1. The Morgan fingerprint density at radius 2 is 1.94 bits per heavy atom. The van der Waals surface area contributed by atoms with Gasteiger partial charge in [0.2, 0.25) is 5.78 Å². The van der Waals surface area contributed by atoms with Gasteiger partial charge in [0.25, 0.3) is 0 Å². The summed E-state index contributed by atoms with van der Waals surface area (Å²) in [7, 11) is 1.79. The average Bonchev–Trinajstić information content (AvgIpc) is 3.08. The fourth-order valence-electron chi connectivity index (χ4n) is 8.19. The maximum atomic E-state index is 13.4. The molecule has 1 aromatic heterocycles. The number of ether oxygens (including phenoxy) is 1. The van der Waals surface area contributed by atoms with Crippen molar-refractivity contribution in [3.8, 4) is 0 Å². The van der Waals surface area contributed by atoms with Crippen LogP contribution in [0.25, 0.3) is 0 Å². The molecule has 8 heteroatoms. The lowest BCUT2D eigenvalue weighted by Crippen LogP contribution is -3.00. The number of carbonyl (C=O) groups excluding carboxylic acids is 3. The predicted octanol–water partition coefficient (Wildman–Crippen LogP) is -0.525. The number of pyridine rings is 1. The second-order valence-corrected chi connectivity index (χ2v) is 11.7. The van der Waals surface area contributed by atoms with E-state index in [2.05, 4.69) is 6.92 Å². The van der Waals surface area contributed by atoms with Crippen LogP contribution in [-0.2, 0) is 21.4 Å². The number of allylic oxidation sites excluding steroid dienone is 1. The third-order valence-corrected chi connectivity index (χ3v) is 10.0. The van der Waals surface area contributed by atoms with Gasteiger partial charge in [0.15, 0.2) is 24.8 Å². The van der Waals surface area contributed by atoms with E-state index in [0.717, 1.165) is 24.8 Å². The first-order chi connectivity index (χ1) is 16.5. The molecule has 0 radical (unpaired) electrons. The Bertz CT molecular complexity index is 1120. The zero-order valence-electron chi connectivity index (χ0n) is 21.2. The van der Waals surface area contributed by atoms with Crippen molar-refractivity contribution in [1.82, 2.24) is 0 Å². The molecule has 2 N–H and O–H groups in total. The van der Waals surface area contributed by atoms with Gasteiger partial charge in [-0.25, -0.2) is 9.36 Å². The van der Waals surface area contributed by atoms with E-state index >= 15 is 0 Å². The topological polar surface area (TPSA) is 105 Å². The van der Waals surface area contributed by atoms with Crippen LogP contribution in [0, 0.1) is 28.6 Å². The summed E-state index contributed by atoms with van der Waals surface area (Å²) < 4.78 is 7.04. The van der Waals surface area contributed by atoms with E-state index in [-0.39, 0.29) is 52.9 Å². The molecule has 4 aliphatic carbocycles. The fourth-order valence-corrected chi connectivity index (χ4v) is 8.19. The van der Waals surface area contributed by atoms with E-state index < -0.39 is 35.5 Å². The summed E-state index contributed by atoms with van der Waals surface area (Å²) in [5, 5.41) is 23.2. The molecule has 5 rings (SSSR count). The van der Waals surface area contributed by atoms with Gasteiger partial charge in [-0.3, -0.25) is 9.59 Å². The lowest BCUT2D eigenvalue weighted by atomic mass is 9.45. The normalized spacial score (nSPS) is 39.1. The van der Waals surface area contributed by atoms with Gasteiger partial charge in [-0.1, -0.05) is 19.4 Å². The van der Waals surface area contributed by atoms with E-state index in [1.807, 2.05) is 6.92 Å². The summed E-state index contributed by atoms with van der Waals surface area (Å²) in [5.41, 5.74) is -1.16. The number of esters is 1. The second kappa shape index (κ2) is 9.58. The van der Waals surface area contributed by atoms with E-state index in [9.17, 15) is 24.6 Å². The van der Waals surface area contributed by atoms with Crippen LogP contribution < -0.4 is 28.5 Å². The summed E-state index contributed by atoms with van der Waals surface area (Å²) in [6.07, 6.45) is 8.78. The number of aromatic nitrogens is 1. The minimum atomic E-state index is -1.65.